The summed E-state index contributed by atoms with van der Waals surface area (Å²) in [6.07, 6.45) is 8.53. The van der Waals surface area contributed by atoms with E-state index in [4.69, 9.17) is 0 Å². The van der Waals surface area contributed by atoms with Crippen LogP contribution in [0.2, 0.25) is 0 Å². The highest BCUT2D eigenvalue weighted by Gasteiger charge is 2.18. The van der Waals surface area contributed by atoms with Crippen LogP contribution in [0.5, 0.6) is 0 Å². The monoisotopic (exact) mass is 259 g/mol. The van der Waals surface area contributed by atoms with E-state index < -0.39 is 0 Å². The Kier molecular flexibility index (Phi) is 5.45. The molecule has 1 nitrogen and oxygen atoms in total. The van der Waals surface area contributed by atoms with Crippen molar-refractivity contribution in [1.29, 1.82) is 0 Å². The van der Waals surface area contributed by atoms with Gasteiger partial charge in [0, 0.05) is 6.04 Å². The van der Waals surface area contributed by atoms with Crippen LogP contribution in [0.15, 0.2) is 18.2 Å². The fourth-order valence-electron chi connectivity index (χ4n) is 3.53. The molecule has 1 N–H and O–H groups in total. The van der Waals surface area contributed by atoms with Crippen LogP contribution >= 0.6 is 0 Å². The molecule has 1 aromatic carbocycles. The quantitative estimate of drug-likeness (QED) is 0.764. The average molecular weight is 259 g/mol. The fraction of sp³-hybridized carbons (Fsp3) is 0.667. The molecule has 1 atom stereocenters. The Hall–Kier alpha value is -0.820. The van der Waals surface area contributed by atoms with Gasteiger partial charge in [0.2, 0.25) is 0 Å². The van der Waals surface area contributed by atoms with Crippen molar-refractivity contribution < 1.29 is 0 Å². The molecule has 1 fully saturated rings. The van der Waals surface area contributed by atoms with Crippen molar-refractivity contribution in [2.24, 2.45) is 5.92 Å². The van der Waals surface area contributed by atoms with Crippen molar-refractivity contribution in [3.8, 4) is 0 Å². The van der Waals surface area contributed by atoms with Crippen molar-refractivity contribution in [1.82, 2.24) is 5.32 Å². The summed E-state index contributed by atoms with van der Waals surface area (Å²) in [5.41, 5.74) is 4.31. The minimum atomic E-state index is 0.547. The third-order valence-electron chi connectivity index (χ3n) is 4.59. The normalized spacial score (nSPS) is 17.8. The molecule has 0 radical (unpaired) electrons. The Morgan fingerprint density at radius 2 is 1.95 bits per heavy atom. The maximum atomic E-state index is 3.68. The van der Waals surface area contributed by atoms with E-state index in [1.165, 1.54) is 55.2 Å². The molecular formula is C18H29N. The molecule has 0 aromatic heterocycles. The van der Waals surface area contributed by atoms with Crippen LogP contribution in [-0.2, 0) is 0 Å². The van der Waals surface area contributed by atoms with Gasteiger partial charge in [-0.05, 0) is 50.3 Å². The highest BCUT2D eigenvalue weighted by molar-refractivity contribution is 5.32. The molecule has 2 rings (SSSR count). The predicted molar refractivity (Wildman–Crippen MR) is 83.5 cm³/mol. The summed E-state index contributed by atoms with van der Waals surface area (Å²) in [4.78, 5) is 0. The predicted octanol–water partition coefficient (Wildman–Crippen LogP) is 4.92. The molecule has 0 spiro atoms. The standard InChI is InChI=1S/C18H29N/c1-4-19-18(12-10-16-7-5-6-8-16)17-11-9-14(2)13-15(17)3/h9,11,13,16,18-19H,4-8,10,12H2,1-3H3. The van der Waals surface area contributed by atoms with Gasteiger partial charge in [0.15, 0.2) is 0 Å². The number of aryl methyl sites for hydroxylation is 2. The summed E-state index contributed by atoms with van der Waals surface area (Å²) < 4.78 is 0. The average Bonchev–Trinajstić information content (AvgIpc) is 2.88. The second-order valence-electron chi connectivity index (χ2n) is 6.20. The number of hydrogen-bond donors (Lipinski definition) is 1. The van der Waals surface area contributed by atoms with E-state index in [1.54, 1.807) is 0 Å². The zero-order valence-electron chi connectivity index (χ0n) is 12.8. The highest BCUT2D eigenvalue weighted by atomic mass is 14.9. The summed E-state index contributed by atoms with van der Waals surface area (Å²) >= 11 is 0. The molecule has 0 amide bonds. The SMILES string of the molecule is CCNC(CCC1CCCC1)c1ccc(C)cc1C. The lowest BCUT2D eigenvalue weighted by molar-refractivity contribution is 0.416. The maximum absolute atomic E-state index is 3.68. The van der Waals surface area contributed by atoms with E-state index in [0.717, 1.165) is 12.5 Å². The minimum absolute atomic E-state index is 0.547. The van der Waals surface area contributed by atoms with Gasteiger partial charge >= 0.3 is 0 Å². The van der Waals surface area contributed by atoms with Gasteiger partial charge in [0.05, 0.1) is 0 Å². The van der Waals surface area contributed by atoms with Crippen LogP contribution in [0.1, 0.15) is 68.2 Å². The Morgan fingerprint density at radius 1 is 1.21 bits per heavy atom. The third-order valence-corrected chi connectivity index (χ3v) is 4.59. The van der Waals surface area contributed by atoms with Crippen LogP contribution in [0, 0.1) is 19.8 Å². The molecule has 1 aliphatic rings. The zero-order valence-corrected chi connectivity index (χ0v) is 12.8. The van der Waals surface area contributed by atoms with E-state index in [-0.39, 0.29) is 0 Å². The van der Waals surface area contributed by atoms with Crippen LogP contribution in [0.4, 0.5) is 0 Å². The van der Waals surface area contributed by atoms with E-state index in [0.29, 0.717) is 6.04 Å². The number of rotatable bonds is 6. The summed E-state index contributed by atoms with van der Waals surface area (Å²) in [7, 11) is 0. The smallest absolute Gasteiger partial charge is 0.0322 e. The van der Waals surface area contributed by atoms with Gasteiger partial charge < -0.3 is 5.32 Å². The molecule has 0 bridgehead atoms. The van der Waals surface area contributed by atoms with Crippen LogP contribution < -0.4 is 5.32 Å². The molecule has 1 heteroatoms. The Bertz CT molecular complexity index is 391. The first kappa shape index (κ1) is 14.6. The molecule has 106 valence electrons. The molecule has 0 heterocycles. The van der Waals surface area contributed by atoms with Crippen molar-refractivity contribution in [3.63, 3.8) is 0 Å². The molecule has 1 aliphatic carbocycles. The van der Waals surface area contributed by atoms with Crippen LogP contribution in [0.25, 0.3) is 0 Å². The lowest BCUT2D eigenvalue weighted by Gasteiger charge is -2.22. The zero-order chi connectivity index (χ0) is 13.7. The Labute approximate surface area is 118 Å². The number of hydrogen-bond acceptors (Lipinski definition) is 1. The Morgan fingerprint density at radius 3 is 2.58 bits per heavy atom. The van der Waals surface area contributed by atoms with Gasteiger partial charge in [-0.3, -0.25) is 0 Å². The second kappa shape index (κ2) is 7.09. The Balaban J connectivity index is 2.01. The molecule has 19 heavy (non-hydrogen) atoms. The largest absolute Gasteiger partial charge is 0.310 e. The summed E-state index contributed by atoms with van der Waals surface area (Å²) in [6, 6.07) is 7.44. The molecular weight excluding hydrogens is 230 g/mol. The number of benzene rings is 1. The van der Waals surface area contributed by atoms with E-state index in [2.05, 4.69) is 44.3 Å². The molecule has 1 saturated carbocycles. The minimum Gasteiger partial charge on any atom is -0.310 e. The van der Waals surface area contributed by atoms with Crippen LogP contribution in [-0.4, -0.2) is 6.54 Å². The van der Waals surface area contributed by atoms with Crippen molar-refractivity contribution >= 4 is 0 Å². The maximum Gasteiger partial charge on any atom is 0.0322 e. The third kappa shape index (κ3) is 4.07. The molecule has 0 aliphatic heterocycles. The fourth-order valence-corrected chi connectivity index (χ4v) is 3.53. The van der Waals surface area contributed by atoms with Gasteiger partial charge in [-0.2, -0.15) is 0 Å². The lowest BCUT2D eigenvalue weighted by atomic mass is 9.92. The first-order valence-corrected chi connectivity index (χ1v) is 8.01. The van der Waals surface area contributed by atoms with Crippen molar-refractivity contribution in [3.05, 3.63) is 34.9 Å². The molecule has 1 aromatic rings. The van der Waals surface area contributed by atoms with E-state index >= 15 is 0 Å². The second-order valence-corrected chi connectivity index (χ2v) is 6.20. The topological polar surface area (TPSA) is 12.0 Å². The van der Waals surface area contributed by atoms with E-state index in [1.807, 2.05) is 0 Å². The van der Waals surface area contributed by atoms with Gasteiger partial charge in [-0.25, -0.2) is 0 Å². The molecule has 1 unspecified atom stereocenters. The van der Waals surface area contributed by atoms with Gasteiger partial charge in [-0.15, -0.1) is 0 Å². The summed E-state index contributed by atoms with van der Waals surface area (Å²) in [5.74, 6) is 0.993. The highest BCUT2D eigenvalue weighted by Crippen LogP contribution is 2.32. The van der Waals surface area contributed by atoms with Gasteiger partial charge in [0.25, 0.3) is 0 Å². The first-order chi connectivity index (χ1) is 9.20. The van der Waals surface area contributed by atoms with Crippen LogP contribution in [0.3, 0.4) is 0 Å². The van der Waals surface area contributed by atoms with Crippen molar-refractivity contribution in [2.75, 3.05) is 6.54 Å². The van der Waals surface area contributed by atoms with Gasteiger partial charge in [-0.1, -0.05) is 56.4 Å². The van der Waals surface area contributed by atoms with E-state index in [9.17, 15) is 0 Å². The molecule has 0 saturated heterocycles. The van der Waals surface area contributed by atoms with Crippen molar-refractivity contribution in [2.45, 2.75) is 65.3 Å². The summed E-state index contributed by atoms with van der Waals surface area (Å²) in [6.45, 7) is 7.70. The number of nitrogens with one attached hydrogen (secondary N) is 1. The lowest BCUT2D eigenvalue weighted by Crippen LogP contribution is -2.22. The summed E-state index contributed by atoms with van der Waals surface area (Å²) in [5, 5.41) is 3.68. The van der Waals surface area contributed by atoms with Gasteiger partial charge in [0.1, 0.15) is 0 Å². The first-order valence-electron chi connectivity index (χ1n) is 8.01.